The van der Waals surface area contributed by atoms with Crippen LogP contribution in [0.25, 0.3) is 0 Å². The lowest BCUT2D eigenvalue weighted by Crippen LogP contribution is -2.42. The monoisotopic (exact) mass is 384 g/mol. The van der Waals surface area contributed by atoms with Crippen molar-refractivity contribution in [3.8, 4) is 0 Å². The minimum atomic E-state index is -0.492. The third-order valence-electron chi connectivity index (χ3n) is 4.01. The maximum absolute atomic E-state index is 12.0. The molecule has 25 heavy (non-hydrogen) atoms. The maximum atomic E-state index is 12.0. The van der Waals surface area contributed by atoms with Crippen molar-refractivity contribution < 1.29 is 14.6 Å². The Morgan fingerprint density at radius 3 is 2.44 bits per heavy atom. The van der Waals surface area contributed by atoms with Crippen molar-refractivity contribution in [3.05, 3.63) is 24.3 Å². The van der Waals surface area contributed by atoms with Gasteiger partial charge in [0.15, 0.2) is 0 Å². The fraction of sp³-hybridized carbons (Fsp3) is 0.611. The second-order valence-corrected chi connectivity index (χ2v) is 8.29. The highest BCUT2D eigenvalue weighted by Gasteiger charge is 2.32. The summed E-state index contributed by atoms with van der Waals surface area (Å²) in [4.78, 5) is 14.3. The number of β-amino-alcohol motifs (C(OH)–C–C–N with tert-alkyl or cyclic N) is 1. The van der Waals surface area contributed by atoms with Crippen LogP contribution in [-0.2, 0) is 9.53 Å². The number of aliphatic hydroxyl groups excluding tert-OH is 1. The summed E-state index contributed by atoms with van der Waals surface area (Å²) in [6.45, 7) is 9.70. The van der Waals surface area contributed by atoms with Gasteiger partial charge >= 0.3 is 5.97 Å². The van der Waals surface area contributed by atoms with Gasteiger partial charge in [-0.25, -0.2) is 8.61 Å². The van der Waals surface area contributed by atoms with E-state index < -0.39 is 6.10 Å². The molecule has 0 aliphatic carbocycles. The third-order valence-corrected chi connectivity index (χ3v) is 6.31. The highest BCUT2D eigenvalue weighted by atomic mass is 32.2. The van der Waals surface area contributed by atoms with Gasteiger partial charge in [-0.2, -0.15) is 0 Å². The summed E-state index contributed by atoms with van der Waals surface area (Å²) in [5.41, 5.74) is 0. The van der Waals surface area contributed by atoms with E-state index in [0.717, 1.165) is 18.0 Å². The molecule has 2 unspecified atom stereocenters. The van der Waals surface area contributed by atoms with E-state index >= 15 is 0 Å². The molecule has 1 aromatic carbocycles. The number of piperidine rings is 1. The van der Waals surface area contributed by atoms with Crippen LogP contribution in [0.5, 0.6) is 0 Å². The fourth-order valence-electron chi connectivity index (χ4n) is 2.75. The Balaban J connectivity index is 1.93. The molecule has 0 spiro atoms. The molecule has 1 aliphatic rings. The molecule has 140 valence electrons. The van der Waals surface area contributed by atoms with E-state index in [0.29, 0.717) is 26.1 Å². The molecule has 1 fully saturated rings. The highest BCUT2D eigenvalue weighted by Crippen LogP contribution is 2.31. The molecule has 1 aliphatic heterocycles. The van der Waals surface area contributed by atoms with Crippen LogP contribution in [0, 0.1) is 5.92 Å². The fourth-order valence-corrected chi connectivity index (χ4v) is 4.62. The van der Waals surface area contributed by atoms with Gasteiger partial charge < -0.3 is 9.84 Å². The number of esters is 1. The molecule has 1 heterocycles. The van der Waals surface area contributed by atoms with Gasteiger partial charge in [-0.15, -0.1) is 0 Å². The SMILES string of the molecule is CCOC(=O)C1CC(O)CN(Sc2ccc(SN(CC)CC)cc2)C1. The Morgan fingerprint density at radius 1 is 1.20 bits per heavy atom. The zero-order valence-electron chi connectivity index (χ0n) is 15.2. The minimum absolute atomic E-state index is 0.210. The average Bonchev–Trinajstić information content (AvgIpc) is 2.61. The van der Waals surface area contributed by atoms with Crippen molar-refractivity contribution in [2.75, 3.05) is 32.8 Å². The molecule has 7 heteroatoms. The van der Waals surface area contributed by atoms with Crippen molar-refractivity contribution in [1.82, 2.24) is 8.61 Å². The number of benzene rings is 1. The number of hydrogen-bond acceptors (Lipinski definition) is 7. The zero-order chi connectivity index (χ0) is 18.2. The predicted octanol–water partition coefficient (Wildman–Crippen LogP) is 3.29. The van der Waals surface area contributed by atoms with Crippen LogP contribution in [-0.4, -0.2) is 58.6 Å². The lowest BCUT2D eigenvalue weighted by Gasteiger charge is -2.33. The summed E-state index contributed by atoms with van der Waals surface area (Å²) in [5, 5.41) is 10.1. The van der Waals surface area contributed by atoms with Crippen LogP contribution in [0.4, 0.5) is 0 Å². The van der Waals surface area contributed by atoms with Gasteiger partial charge in [0.1, 0.15) is 0 Å². The largest absolute Gasteiger partial charge is 0.466 e. The Hall–Kier alpha value is -0.730. The number of carbonyl (C=O) groups is 1. The van der Waals surface area contributed by atoms with Gasteiger partial charge in [0.05, 0.1) is 18.6 Å². The predicted molar refractivity (Wildman–Crippen MR) is 103 cm³/mol. The van der Waals surface area contributed by atoms with Gasteiger partial charge in [-0.3, -0.25) is 4.79 Å². The van der Waals surface area contributed by atoms with E-state index in [1.165, 1.54) is 4.90 Å². The van der Waals surface area contributed by atoms with Crippen LogP contribution in [0.15, 0.2) is 34.1 Å². The first kappa shape index (κ1) is 20.6. The van der Waals surface area contributed by atoms with E-state index in [-0.39, 0.29) is 11.9 Å². The van der Waals surface area contributed by atoms with Gasteiger partial charge in [-0.1, -0.05) is 13.8 Å². The Bertz CT molecular complexity index is 538. The summed E-state index contributed by atoms with van der Waals surface area (Å²) in [5.74, 6) is -0.466. The van der Waals surface area contributed by atoms with Gasteiger partial charge in [0.25, 0.3) is 0 Å². The van der Waals surface area contributed by atoms with Crippen LogP contribution in [0.1, 0.15) is 27.2 Å². The van der Waals surface area contributed by atoms with Gasteiger partial charge in [0.2, 0.25) is 0 Å². The lowest BCUT2D eigenvalue weighted by molar-refractivity contribution is -0.150. The average molecular weight is 385 g/mol. The van der Waals surface area contributed by atoms with Gasteiger partial charge in [0, 0.05) is 36.0 Å². The van der Waals surface area contributed by atoms with Crippen LogP contribution >= 0.6 is 23.9 Å². The minimum Gasteiger partial charge on any atom is -0.466 e. The van der Waals surface area contributed by atoms with E-state index in [1.54, 1.807) is 30.8 Å². The number of ether oxygens (including phenoxy) is 1. The van der Waals surface area contributed by atoms with Crippen LogP contribution in [0.2, 0.25) is 0 Å². The Morgan fingerprint density at radius 2 is 1.84 bits per heavy atom. The van der Waals surface area contributed by atoms with E-state index in [4.69, 9.17) is 4.74 Å². The summed E-state index contributed by atoms with van der Waals surface area (Å²) >= 11 is 3.35. The summed E-state index contributed by atoms with van der Waals surface area (Å²) < 4.78 is 9.47. The molecule has 2 atom stereocenters. The van der Waals surface area contributed by atoms with E-state index in [9.17, 15) is 9.90 Å². The second kappa shape index (κ2) is 10.4. The van der Waals surface area contributed by atoms with E-state index in [2.05, 4.69) is 46.7 Å². The molecule has 0 saturated carbocycles. The molecular weight excluding hydrogens is 356 g/mol. The van der Waals surface area contributed by atoms with Crippen molar-refractivity contribution >= 4 is 29.9 Å². The lowest BCUT2D eigenvalue weighted by atomic mass is 9.98. The zero-order valence-corrected chi connectivity index (χ0v) is 16.8. The van der Waals surface area contributed by atoms with Crippen LogP contribution in [0.3, 0.4) is 0 Å². The number of aliphatic hydroxyl groups is 1. The molecule has 1 saturated heterocycles. The van der Waals surface area contributed by atoms with Crippen molar-refractivity contribution in [3.63, 3.8) is 0 Å². The second-order valence-electron chi connectivity index (χ2n) is 5.95. The van der Waals surface area contributed by atoms with Crippen molar-refractivity contribution in [1.29, 1.82) is 0 Å². The van der Waals surface area contributed by atoms with Gasteiger partial charge in [-0.05, 0) is 61.5 Å². The first-order valence-electron chi connectivity index (χ1n) is 8.86. The van der Waals surface area contributed by atoms with Crippen LogP contribution < -0.4 is 0 Å². The maximum Gasteiger partial charge on any atom is 0.310 e. The van der Waals surface area contributed by atoms with Crippen molar-refractivity contribution in [2.45, 2.75) is 43.1 Å². The number of rotatable bonds is 8. The number of carbonyl (C=O) groups excluding carboxylic acids is 1. The molecule has 0 radical (unpaired) electrons. The molecule has 0 aromatic heterocycles. The Kier molecular flexibility index (Phi) is 8.58. The molecule has 1 aromatic rings. The summed E-state index contributed by atoms with van der Waals surface area (Å²) in [7, 11) is 0. The summed E-state index contributed by atoms with van der Waals surface area (Å²) in [6.07, 6.45) is -0.0110. The van der Waals surface area contributed by atoms with Crippen molar-refractivity contribution in [2.24, 2.45) is 5.92 Å². The highest BCUT2D eigenvalue weighted by molar-refractivity contribution is 7.97. The normalized spacial score (nSPS) is 21.5. The molecule has 0 bridgehead atoms. The Labute approximate surface area is 159 Å². The molecular formula is C18H28N2O3S2. The quantitative estimate of drug-likeness (QED) is 0.545. The third kappa shape index (κ3) is 6.49. The number of hydrogen-bond donors (Lipinski definition) is 1. The first-order valence-corrected chi connectivity index (χ1v) is 10.4. The molecule has 5 nitrogen and oxygen atoms in total. The topological polar surface area (TPSA) is 53.0 Å². The first-order chi connectivity index (χ1) is 12.0. The standard InChI is InChI=1S/C18H28N2O3S2/c1-4-19(5-2)24-16-7-9-17(10-8-16)25-20-12-14(11-15(21)13-20)18(22)23-6-3/h7-10,14-15,21H,4-6,11-13H2,1-3H3. The molecule has 2 rings (SSSR count). The molecule has 1 N–H and O–H groups in total. The van der Waals surface area contributed by atoms with E-state index in [1.807, 2.05) is 0 Å². The smallest absolute Gasteiger partial charge is 0.310 e. The number of nitrogens with zero attached hydrogens (tertiary/aromatic N) is 2. The molecule has 0 amide bonds. The summed E-state index contributed by atoms with van der Waals surface area (Å²) in [6, 6.07) is 8.43.